The highest BCUT2D eigenvalue weighted by atomic mass is 28.2. The van der Waals surface area contributed by atoms with Gasteiger partial charge in [0.1, 0.15) is 0 Å². The molecule has 45 heavy (non-hydrogen) atoms. The van der Waals surface area contributed by atoms with Gasteiger partial charge in [0.15, 0.2) is 0 Å². The first-order valence-electron chi connectivity index (χ1n) is 15.9. The fraction of sp³-hybridized carbons (Fsp3) is 0.0909. The molecule has 0 heterocycles. The molecule has 2 aliphatic rings. The maximum absolute atomic E-state index is 2.45. The molecule has 0 aromatic heterocycles. The fourth-order valence-corrected chi connectivity index (χ4v) is 9.90. The second-order valence-corrected chi connectivity index (χ2v) is 13.4. The van der Waals surface area contributed by atoms with Gasteiger partial charge in [0, 0.05) is 20.3 Å². The summed E-state index contributed by atoms with van der Waals surface area (Å²) in [5.74, 6) is 0. The molecule has 2 aliphatic carbocycles. The summed E-state index contributed by atoms with van der Waals surface area (Å²) in [5, 5.41) is 0. The van der Waals surface area contributed by atoms with E-state index in [0.29, 0.717) is 9.52 Å². The zero-order chi connectivity index (χ0) is 30.1. The van der Waals surface area contributed by atoms with Gasteiger partial charge in [0.25, 0.3) is 0 Å². The molecule has 0 fully saturated rings. The first-order chi connectivity index (χ1) is 22.3. The Bertz CT molecular complexity index is 1860. The van der Waals surface area contributed by atoms with Crippen LogP contribution >= 0.6 is 0 Å². The van der Waals surface area contributed by atoms with E-state index in [0.717, 1.165) is 12.1 Å². The number of allylic oxidation sites excluding steroid dienone is 2. The smallest absolute Gasteiger partial charge is 0.0436 e. The lowest BCUT2D eigenvalue weighted by atomic mass is 9.71. The molecular weight excluding hydrogens is 557 g/mol. The predicted molar refractivity (Wildman–Crippen MR) is 191 cm³/mol. The van der Waals surface area contributed by atoms with Crippen molar-refractivity contribution in [3.63, 3.8) is 0 Å². The molecule has 0 amide bonds. The van der Waals surface area contributed by atoms with Crippen molar-refractivity contribution >= 4 is 32.8 Å². The third-order valence-electron chi connectivity index (χ3n) is 9.84. The Balaban J connectivity index is 1.28. The van der Waals surface area contributed by atoms with Crippen LogP contribution in [0.1, 0.15) is 44.5 Å². The third-order valence-corrected chi connectivity index (χ3v) is 11.4. The Morgan fingerprint density at radius 3 is 1.09 bits per heavy atom. The maximum atomic E-state index is 2.45. The van der Waals surface area contributed by atoms with Gasteiger partial charge in [-0.25, -0.2) is 0 Å². The van der Waals surface area contributed by atoms with Gasteiger partial charge >= 0.3 is 0 Å². The van der Waals surface area contributed by atoms with E-state index in [1.165, 1.54) is 55.7 Å². The van der Waals surface area contributed by atoms with E-state index < -0.39 is 0 Å². The normalized spacial score (nSPS) is 19.8. The van der Waals surface area contributed by atoms with Crippen LogP contribution in [0, 0.1) is 0 Å². The minimum atomic E-state index is -0.232. The van der Waals surface area contributed by atoms with Crippen LogP contribution in [0.15, 0.2) is 170 Å². The summed E-state index contributed by atoms with van der Waals surface area (Å²) in [5.41, 5.74) is 13.2. The fourth-order valence-electron chi connectivity index (χ4n) is 7.86. The van der Waals surface area contributed by atoms with E-state index in [-0.39, 0.29) is 10.8 Å². The van der Waals surface area contributed by atoms with Crippen LogP contribution < -0.4 is 0 Å². The summed E-state index contributed by atoms with van der Waals surface area (Å²) < 4.78 is 0. The highest BCUT2D eigenvalue weighted by Crippen LogP contribution is 2.56. The third kappa shape index (κ3) is 4.50. The van der Waals surface area contributed by atoms with Crippen LogP contribution in [0.5, 0.6) is 0 Å². The molecule has 2 radical (unpaired) electrons. The number of rotatable bonds is 8. The first kappa shape index (κ1) is 27.6. The van der Waals surface area contributed by atoms with Gasteiger partial charge in [-0.15, -0.1) is 0 Å². The quantitative estimate of drug-likeness (QED) is 0.155. The van der Waals surface area contributed by atoms with Crippen molar-refractivity contribution in [1.29, 1.82) is 0 Å². The van der Waals surface area contributed by atoms with Gasteiger partial charge in [0.05, 0.1) is 0 Å². The second-order valence-electron chi connectivity index (χ2n) is 12.2. The topological polar surface area (TPSA) is 0 Å². The average molecular weight is 591 g/mol. The van der Waals surface area contributed by atoms with Crippen LogP contribution in [-0.4, -0.2) is 9.52 Å². The molecule has 6 aromatic rings. The largest absolute Gasteiger partial charge is 0.0622 e. The van der Waals surface area contributed by atoms with Crippen molar-refractivity contribution in [2.45, 2.75) is 22.9 Å². The molecule has 0 saturated heterocycles. The number of hydrogen-bond acceptors (Lipinski definition) is 0. The Morgan fingerprint density at radius 2 is 0.689 bits per heavy atom. The molecular formula is C44H34Si. The molecule has 8 rings (SSSR count). The van der Waals surface area contributed by atoms with Crippen LogP contribution in [0.4, 0.5) is 0 Å². The van der Waals surface area contributed by atoms with E-state index in [1.807, 2.05) is 0 Å². The Hall–Kier alpha value is -4.98. The van der Waals surface area contributed by atoms with Crippen molar-refractivity contribution in [3.05, 3.63) is 214 Å². The number of benzene rings is 6. The molecule has 0 spiro atoms. The van der Waals surface area contributed by atoms with Crippen molar-refractivity contribution < 1.29 is 0 Å². The van der Waals surface area contributed by atoms with Gasteiger partial charge in [-0.1, -0.05) is 170 Å². The molecule has 6 aromatic carbocycles. The SMILES string of the molecule is C1=C(c2ccccc2)C(C[Si]CC2(c3ccccc3)C(c3ccccc3)=Cc3ccccc32)(c2ccccc2)c2ccccc21. The molecule has 1 heteroatoms. The van der Waals surface area contributed by atoms with Gasteiger partial charge in [0.2, 0.25) is 0 Å². The van der Waals surface area contributed by atoms with Crippen molar-refractivity contribution in [1.82, 2.24) is 0 Å². The average Bonchev–Trinajstić information content (AvgIpc) is 3.64. The van der Waals surface area contributed by atoms with Gasteiger partial charge in [-0.05, 0) is 79.9 Å². The van der Waals surface area contributed by atoms with Crippen LogP contribution in [0.25, 0.3) is 23.3 Å². The van der Waals surface area contributed by atoms with Crippen molar-refractivity contribution in [3.8, 4) is 0 Å². The van der Waals surface area contributed by atoms with E-state index >= 15 is 0 Å². The summed E-state index contributed by atoms with van der Waals surface area (Å²) in [6.45, 7) is 0. The van der Waals surface area contributed by atoms with Crippen LogP contribution in [0.3, 0.4) is 0 Å². The van der Waals surface area contributed by atoms with E-state index in [1.54, 1.807) is 0 Å². The summed E-state index contributed by atoms with van der Waals surface area (Å²) in [4.78, 5) is 0. The summed E-state index contributed by atoms with van der Waals surface area (Å²) in [7, 11) is 0.697. The monoisotopic (exact) mass is 590 g/mol. The molecule has 214 valence electrons. The van der Waals surface area contributed by atoms with Crippen LogP contribution in [-0.2, 0) is 10.8 Å². The lowest BCUT2D eigenvalue weighted by Crippen LogP contribution is -2.33. The van der Waals surface area contributed by atoms with Gasteiger partial charge in [-0.2, -0.15) is 0 Å². The molecule has 0 aliphatic heterocycles. The summed E-state index contributed by atoms with van der Waals surface area (Å²) >= 11 is 0. The summed E-state index contributed by atoms with van der Waals surface area (Å²) in [6.07, 6.45) is 4.91. The standard InChI is InChI=1S/C44H34Si/c1-5-17-33(18-6-1)41-29-35-21-13-15-27-39(35)43(41,37-23-9-3-10-24-37)31-45-32-44(38-25-11-4-12-26-38)40-28-16-14-22-36(40)30-42(44)34-19-7-2-8-20-34/h1-30H,31-32H2. The van der Waals surface area contributed by atoms with Crippen molar-refractivity contribution in [2.24, 2.45) is 0 Å². The second kappa shape index (κ2) is 11.5. The van der Waals surface area contributed by atoms with E-state index in [2.05, 4.69) is 182 Å². The van der Waals surface area contributed by atoms with E-state index in [4.69, 9.17) is 0 Å². The minimum Gasteiger partial charge on any atom is -0.0622 e. The van der Waals surface area contributed by atoms with E-state index in [9.17, 15) is 0 Å². The molecule has 0 N–H and O–H groups in total. The molecule has 0 saturated carbocycles. The lowest BCUT2D eigenvalue weighted by Gasteiger charge is -2.39. The minimum absolute atomic E-state index is 0.232. The summed E-state index contributed by atoms with van der Waals surface area (Å²) in [6, 6.07) is 64.8. The zero-order valence-electron chi connectivity index (χ0n) is 25.2. The lowest BCUT2D eigenvalue weighted by molar-refractivity contribution is 0.721. The first-order valence-corrected chi connectivity index (χ1v) is 17.3. The highest BCUT2D eigenvalue weighted by Gasteiger charge is 2.46. The maximum Gasteiger partial charge on any atom is 0.0436 e. The Labute approximate surface area is 269 Å². The Kier molecular flexibility index (Phi) is 7.04. The zero-order valence-corrected chi connectivity index (χ0v) is 26.2. The Morgan fingerprint density at radius 1 is 0.356 bits per heavy atom. The molecule has 2 unspecified atom stereocenters. The van der Waals surface area contributed by atoms with Crippen molar-refractivity contribution in [2.75, 3.05) is 0 Å². The van der Waals surface area contributed by atoms with Crippen LogP contribution in [0.2, 0.25) is 12.1 Å². The number of hydrogen-bond donors (Lipinski definition) is 0. The molecule has 0 nitrogen and oxygen atoms in total. The highest BCUT2D eigenvalue weighted by molar-refractivity contribution is 6.38. The van der Waals surface area contributed by atoms with Gasteiger partial charge < -0.3 is 0 Å². The predicted octanol–water partition coefficient (Wildman–Crippen LogP) is 10.6. The number of fused-ring (bicyclic) bond motifs is 2. The van der Waals surface area contributed by atoms with Gasteiger partial charge in [-0.3, -0.25) is 0 Å². The molecule has 2 atom stereocenters. The molecule has 0 bridgehead atoms.